The van der Waals surface area contributed by atoms with Crippen molar-refractivity contribution in [1.29, 1.82) is 5.26 Å². The molecule has 25 heavy (non-hydrogen) atoms. The van der Waals surface area contributed by atoms with E-state index in [0.717, 1.165) is 11.9 Å². The van der Waals surface area contributed by atoms with Crippen molar-refractivity contribution in [3.05, 3.63) is 53.5 Å². The molecule has 3 aromatic heterocycles. The van der Waals surface area contributed by atoms with Gasteiger partial charge >= 0.3 is 0 Å². The molecule has 2 N–H and O–H groups in total. The number of rotatable bonds is 5. The Morgan fingerprint density at radius 1 is 1.28 bits per heavy atom. The van der Waals surface area contributed by atoms with Gasteiger partial charge in [0.2, 0.25) is 5.69 Å². The van der Waals surface area contributed by atoms with Crippen LogP contribution < -0.4 is 10.1 Å². The molecule has 0 radical (unpaired) electrons. The summed E-state index contributed by atoms with van der Waals surface area (Å²) < 4.78 is 18.7. The second-order valence-corrected chi connectivity index (χ2v) is 5.24. The van der Waals surface area contributed by atoms with Gasteiger partial charge in [0, 0.05) is 11.8 Å². The lowest BCUT2D eigenvalue weighted by Crippen LogP contribution is -2.09. The number of nitriles is 1. The van der Waals surface area contributed by atoms with E-state index in [1.54, 1.807) is 13.0 Å². The highest BCUT2D eigenvalue weighted by Crippen LogP contribution is 2.23. The number of pyridine rings is 1. The zero-order valence-electron chi connectivity index (χ0n) is 13.5. The van der Waals surface area contributed by atoms with Crippen LogP contribution in [0.5, 0.6) is 5.88 Å². The minimum atomic E-state index is -0.537. The summed E-state index contributed by atoms with van der Waals surface area (Å²) in [7, 11) is 0. The lowest BCUT2D eigenvalue weighted by molar-refractivity contribution is 0.211. The fourth-order valence-corrected chi connectivity index (χ4v) is 2.06. The highest BCUT2D eigenvalue weighted by atomic mass is 19.1. The molecule has 0 saturated heterocycles. The summed E-state index contributed by atoms with van der Waals surface area (Å²) in [6, 6.07) is 6.52. The first-order valence-corrected chi connectivity index (χ1v) is 7.39. The summed E-state index contributed by atoms with van der Waals surface area (Å²) in [5.74, 6) is 0.558. The van der Waals surface area contributed by atoms with E-state index in [2.05, 4.69) is 30.5 Å². The smallest absolute Gasteiger partial charge is 0.253 e. The lowest BCUT2D eigenvalue weighted by atomic mass is 10.2. The molecule has 0 aliphatic rings. The zero-order valence-corrected chi connectivity index (χ0v) is 13.5. The highest BCUT2D eigenvalue weighted by Gasteiger charge is 2.15. The molecule has 0 aliphatic carbocycles. The van der Waals surface area contributed by atoms with Crippen molar-refractivity contribution in [1.82, 2.24) is 25.1 Å². The van der Waals surface area contributed by atoms with Gasteiger partial charge in [0.25, 0.3) is 5.88 Å². The third-order valence-electron chi connectivity index (χ3n) is 3.26. The Balaban J connectivity index is 1.82. The normalized spacial score (nSPS) is 11.6. The van der Waals surface area contributed by atoms with Crippen molar-refractivity contribution < 1.29 is 9.13 Å². The molecule has 3 rings (SSSR count). The van der Waals surface area contributed by atoms with Crippen molar-refractivity contribution in [3.8, 4) is 11.9 Å². The molecular formula is C16H14FN7O. The quantitative estimate of drug-likeness (QED) is 0.735. The molecule has 0 saturated carbocycles. The molecule has 3 aromatic rings. The third kappa shape index (κ3) is 3.87. The number of hydrogen-bond donors (Lipinski definition) is 2. The van der Waals surface area contributed by atoms with Gasteiger partial charge in [-0.3, -0.25) is 10.1 Å². The fraction of sp³-hybridized carbons (Fsp3) is 0.188. The highest BCUT2D eigenvalue weighted by molar-refractivity contribution is 5.52. The molecule has 0 bridgehead atoms. The molecule has 9 heteroatoms. The van der Waals surface area contributed by atoms with Gasteiger partial charge in [-0.05, 0) is 26.0 Å². The van der Waals surface area contributed by atoms with Crippen LogP contribution in [0.25, 0.3) is 0 Å². The Labute approximate surface area is 142 Å². The van der Waals surface area contributed by atoms with Gasteiger partial charge in [0.15, 0.2) is 11.6 Å². The molecule has 0 spiro atoms. The van der Waals surface area contributed by atoms with Crippen LogP contribution in [-0.4, -0.2) is 25.1 Å². The predicted molar refractivity (Wildman–Crippen MR) is 86.6 cm³/mol. The number of aryl methyl sites for hydroxylation is 1. The predicted octanol–water partition coefficient (Wildman–Crippen LogP) is 2.80. The van der Waals surface area contributed by atoms with Crippen LogP contribution >= 0.6 is 0 Å². The van der Waals surface area contributed by atoms with Gasteiger partial charge in [0.1, 0.15) is 18.0 Å². The second kappa shape index (κ2) is 6.92. The molecule has 3 heterocycles. The van der Waals surface area contributed by atoms with Gasteiger partial charge < -0.3 is 10.1 Å². The largest absolute Gasteiger partial charge is 0.466 e. The second-order valence-electron chi connectivity index (χ2n) is 5.24. The maximum absolute atomic E-state index is 13.0. The van der Waals surface area contributed by atoms with Gasteiger partial charge in [0.05, 0.1) is 18.1 Å². The number of aromatic amines is 1. The average Bonchev–Trinajstić information content (AvgIpc) is 3.00. The summed E-state index contributed by atoms with van der Waals surface area (Å²) in [5, 5.41) is 19.0. The van der Waals surface area contributed by atoms with Crippen LogP contribution in [-0.2, 0) is 0 Å². The summed E-state index contributed by atoms with van der Waals surface area (Å²) in [4.78, 5) is 12.3. The Kier molecular flexibility index (Phi) is 4.52. The maximum atomic E-state index is 13.0. The number of aromatic nitrogens is 5. The van der Waals surface area contributed by atoms with Crippen LogP contribution in [0.3, 0.4) is 0 Å². The number of nitrogens with zero attached hydrogens (tertiary/aromatic N) is 5. The summed E-state index contributed by atoms with van der Waals surface area (Å²) in [5.41, 5.74) is 1.43. The third-order valence-corrected chi connectivity index (χ3v) is 3.26. The molecule has 1 unspecified atom stereocenters. The molecular weight excluding hydrogens is 325 g/mol. The van der Waals surface area contributed by atoms with Gasteiger partial charge in [-0.1, -0.05) is 0 Å². The van der Waals surface area contributed by atoms with E-state index in [-0.39, 0.29) is 11.6 Å². The molecule has 8 nitrogen and oxygen atoms in total. The van der Waals surface area contributed by atoms with Crippen molar-refractivity contribution in [2.75, 3.05) is 5.32 Å². The maximum Gasteiger partial charge on any atom is 0.253 e. The van der Waals surface area contributed by atoms with Gasteiger partial charge in [-0.25, -0.2) is 9.37 Å². The van der Waals surface area contributed by atoms with E-state index in [4.69, 9.17) is 4.74 Å². The minimum Gasteiger partial charge on any atom is -0.466 e. The number of nitrogens with one attached hydrogen (secondary N) is 2. The molecule has 0 fully saturated rings. The van der Waals surface area contributed by atoms with E-state index >= 15 is 0 Å². The van der Waals surface area contributed by atoms with Crippen LogP contribution in [0.2, 0.25) is 0 Å². The monoisotopic (exact) mass is 339 g/mol. The Morgan fingerprint density at radius 2 is 2.12 bits per heavy atom. The van der Waals surface area contributed by atoms with Crippen molar-refractivity contribution >= 4 is 11.6 Å². The topological polar surface area (TPSA) is 112 Å². The van der Waals surface area contributed by atoms with Gasteiger partial charge in [-0.15, -0.1) is 0 Å². The fourth-order valence-electron chi connectivity index (χ4n) is 2.06. The van der Waals surface area contributed by atoms with Crippen LogP contribution in [0, 0.1) is 24.1 Å². The summed E-state index contributed by atoms with van der Waals surface area (Å²) in [6.07, 6.45) is 1.98. The Morgan fingerprint density at radius 3 is 2.76 bits per heavy atom. The zero-order chi connectivity index (χ0) is 17.8. The molecule has 0 aliphatic heterocycles. The van der Waals surface area contributed by atoms with Crippen molar-refractivity contribution in [3.63, 3.8) is 0 Å². The minimum absolute atomic E-state index is 0.0396. The summed E-state index contributed by atoms with van der Waals surface area (Å²) >= 11 is 0. The van der Waals surface area contributed by atoms with Gasteiger partial charge in [-0.2, -0.15) is 15.3 Å². The van der Waals surface area contributed by atoms with Crippen molar-refractivity contribution in [2.24, 2.45) is 0 Å². The molecule has 1 atom stereocenters. The van der Waals surface area contributed by atoms with Crippen LogP contribution in [0.4, 0.5) is 16.0 Å². The average molecular weight is 339 g/mol. The first kappa shape index (κ1) is 16.3. The SMILES string of the molecule is Cc1cc(Nc2cnc(C#N)c(OC(C)c3ccc(F)cn3)n2)n[nH]1. The van der Waals surface area contributed by atoms with E-state index in [1.165, 1.54) is 18.3 Å². The Hall–Kier alpha value is -3.54. The van der Waals surface area contributed by atoms with E-state index < -0.39 is 11.9 Å². The summed E-state index contributed by atoms with van der Waals surface area (Å²) in [6.45, 7) is 3.59. The van der Waals surface area contributed by atoms with Crippen molar-refractivity contribution in [2.45, 2.75) is 20.0 Å². The van der Waals surface area contributed by atoms with E-state index in [1.807, 2.05) is 13.0 Å². The lowest BCUT2D eigenvalue weighted by Gasteiger charge is -2.14. The molecule has 126 valence electrons. The number of H-pyrrole nitrogens is 1. The molecule has 0 amide bonds. The standard InChI is InChI=1S/C16H14FN7O/c1-9-5-14(24-23-9)21-15-8-20-13(6-18)16(22-15)25-10(2)12-4-3-11(17)7-19-12/h3-5,7-8,10H,1-2H3,(H2,21,22,23,24). The number of anilines is 2. The Bertz CT molecular complexity index is 917. The first-order chi connectivity index (χ1) is 12.0. The molecule has 0 aromatic carbocycles. The number of ether oxygens (including phenoxy) is 1. The first-order valence-electron chi connectivity index (χ1n) is 7.39. The van der Waals surface area contributed by atoms with E-state index in [0.29, 0.717) is 17.3 Å². The number of hydrogen-bond acceptors (Lipinski definition) is 7. The van der Waals surface area contributed by atoms with E-state index in [9.17, 15) is 9.65 Å². The van der Waals surface area contributed by atoms with Crippen LogP contribution in [0.1, 0.15) is 30.1 Å². The number of halogens is 1. The van der Waals surface area contributed by atoms with Crippen LogP contribution in [0.15, 0.2) is 30.6 Å².